The molecule has 2 rings (SSSR count). The van der Waals surface area contributed by atoms with Crippen molar-refractivity contribution in [3.63, 3.8) is 0 Å². The molecule has 0 aliphatic heterocycles. The Labute approximate surface area is 124 Å². The van der Waals surface area contributed by atoms with Crippen molar-refractivity contribution in [3.8, 4) is 0 Å². The number of aliphatic hydroxyl groups excluding tert-OH is 1. The van der Waals surface area contributed by atoms with Crippen LogP contribution in [-0.4, -0.2) is 16.8 Å². The molecule has 0 saturated carbocycles. The highest BCUT2D eigenvalue weighted by atomic mass is 19.1. The fourth-order valence-corrected chi connectivity index (χ4v) is 2.49. The molecule has 0 saturated heterocycles. The van der Waals surface area contributed by atoms with Crippen molar-refractivity contribution in [1.82, 2.24) is 10.5 Å². The first-order valence-electron chi connectivity index (χ1n) is 7.12. The van der Waals surface area contributed by atoms with Gasteiger partial charge in [0.1, 0.15) is 11.6 Å². The molecule has 21 heavy (non-hydrogen) atoms. The zero-order valence-electron chi connectivity index (χ0n) is 12.6. The molecule has 4 nitrogen and oxygen atoms in total. The number of aliphatic hydroxyl groups is 1. The van der Waals surface area contributed by atoms with Crippen LogP contribution in [0.15, 0.2) is 28.8 Å². The summed E-state index contributed by atoms with van der Waals surface area (Å²) in [7, 11) is 0. The number of aromatic nitrogens is 1. The molecule has 1 heterocycles. The third-order valence-corrected chi connectivity index (χ3v) is 3.66. The second-order valence-electron chi connectivity index (χ2n) is 5.17. The minimum atomic E-state index is -0.680. The Kier molecular flexibility index (Phi) is 5.09. The lowest BCUT2D eigenvalue weighted by Gasteiger charge is -2.19. The van der Waals surface area contributed by atoms with Gasteiger partial charge < -0.3 is 14.9 Å². The summed E-state index contributed by atoms with van der Waals surface area (Å²) in [6.07, 6.45) is 0.180. The van der Waals surface area contributed by atoms with E-state index in [9.17, 15) is 9.50 Å². The van der Waals surface area contributed by atoms with Crippen LogP contribution in [0.3, 0.4) is 0 Å². The third kappa shape index (κ3) is 3.68. The molecule has 1 aromatic heterocycles. The van der Waals surface area contributed by atoms with Crippen molar-refractivity contribution in [1.29, 1.82) is 0 Å². The highest BCUT2D eigenvalue weighted by molar-refractivity contribution is 5.25. The molecule has 0 radical (unpaired) electrons. The zero-order valence-corrected chi connectivity index (χ0v) is 12.6. The SMILES string of the molecule is CCC(NCC(O)c1ccc(F)cc1)c1c(C)noc1C. The van der Waals surface area contributed by atoms with E-state index in [0.29, 0.717) is 12.1 Å². The van der Waals surface area contributed by atoms with Crippen molar-refractivity contribution in [2.24, 2.45) is 0 Å². The van der Waals surface area contributed by atoms with E-state index in [1.807, 2.05) is 13.8 Å². The molecule has 0 fully saturated rings. The van der Waals surface area contributed by atoms with Crippen LogP contribution < -0.4 is 5.32 Å². The van der Waals surface area contributed by atoms with Gasteiger partial charge in [-0.1, -0.05) is 24.2 Å². The Morgan fingerprint density at radius 2 is 1.95 bits per heavy atom. The number of halogens is 1. The Hall–Kier alpha value is -1.72. The number of hydrogen-bond acceptors (Lipinski definition) is 4. The van der Waals surface area contributed by atoms with Gasteiger partial charge in [-0.2, -0.15) is 0 Å². The lowest BCUT2D eigenvalue weighted by atomic mass is 10.0. The Bertz CT molecular complexity index is 561. The molecule has 2 N–H and O–H groups in total. The van der Waals surface area contributed by atoms with Gasteiger partial charge >= 0.3 is 0 Å². The predicted molar refractivity (Wildman–Crippen MR) is 78.4 cm³/mol. The molecule has 2 unspecified atom stereocenters. The van der Waals surface area contributed by atoms with E-state index in [4.69, 9.17) is 4.52 Å². The normalized spacial score (nSPS) is 14.1. The van der Waals surface area contributed by atoms with E-state index >= 15 is 0 Å². The van der Waals surface area contributed by atoms with Crippen LogP contribution in [-0.2, 0) is 0 Å². The van der Waals surface area contributed by atoms with Gasteiger partial charge in [0.2, 0.25) is 0 Å². The van der Waals surface area contributed by atoms with E-state index < -0.39 is 6.10 Å². The summed E-state index contributed by atoms with van der Waals surface area (Å²) in [5.74, 6) is 0.490. The van der Waals surface area contributed by atoms with Crippen molar-refractivity contribution < 1.29 is 14.0 Å². The van der Waals surface area contributed by atoms with Crippen molar-refractivity contribution >= 4 is 0 Å². The summed E-state index contributed by atoms with van der Waals surface area (Å²) in [5.41, 5.74) is 2.60. The van der Waals surface area contributed by atoms with Gasteiger partial charge in [-0.05, 0) is 38.0 Å². The number of aryl methyl sites for hydroxylation is 2. The average molecular weight is 292 g/mol. The molecule has 0 spiro atoms. The summed E-state index contributed by atoms with van der Waals surface area (Å²) in [6, 6.07) is 5.97. The molecule has 0 bridgehead atoms. The Balaban J connectivity index is 2.02. The molecular formula is C16H21FN2O2. The predicted octanol–water partition coefficient (Wildman–Crippen LogP) is 3.20. The maximum Gasteiger partial charge on any atom is 0.138 e. The van der Waals surface area contributed by atoms with Crippen molar-refractivity contribution in [2.75, 3.05) is 6.54 Å². The maximum absolute atomic E-state index is 12.9. The number of nitrogens with one attached hydrogen (secondary N) is 1. The summed E-state index contributed by atoms with van der Waals surface area (Å²) >= 11 is 0. The topological polar surface area (TPSA) is 58.3 Å². The lowest BCUT2D eigenvalue weighted by molar-refractivity contribution is 0.169. The first kappa shape index (κ1) is 15.7. The largest absolute Gasteiger partial charge is 0.387 e. The molecule has 0 aliphatic rings. The fraction of sp³-hybridized carbons (Fsp3) is 0.438. The van der Waals surface area contributed by atoms with Gasteiger partial charge in [0.25, 0.3) is 0 Å². The quantitative estimate of drug-likeness (QED) is 0.858. The summed E-state index contributed by atoms with van der Waals surface area (Å²) < 4.78 is 18.1. The third-order valence-electron chi connectivity index (χ3n) is 3.66. The van der Waals surface area contributed by atoms with Gasteiger partial charge in [0, 0.05) is 18.2 Å². The van der Waals surface area contributed by atoms with E-state index in [0.717, 1.165) is 23.4 Å². The number of rotatable bonds is 6. The molecule has 1 aromatic carbocycles. The highest BCUT2D eigenvalue weighted by Gasteiger charge is 2.19. The standard InChI is InChI=1S/C16H21FN2O2/c1-4-14(16-10(2)19-21-11(16)3)18-9-15(20)12-5-7-13(17)8-6-12/h5-8,14-15,18,20H,4,9H2,1-3H3. The summed E-state index contributed by atoms with van der Waals surface area (Å²) in [5, 5.41) is 17.5. The van der Waals surface area contributed by atoms with Gasteiger partial charge in [-0.3, -0.25) is 0 Å². The Morgan fingerprint density at radius 1 is 1.29 bits per heavy atom. The minimum absolute atomic E-state index is 0.0753. The van der Waals surface area contributed by atoms with E-state index in [2.05, 4.69) is 17.4 Å². The van der Waals surface area contributed by atoms with Crippen LogP contribution in [0.1, 0.15) is 48.1 Å². The van der Waals surface area contributed by atoms with Crippen molar-refractivity contribution in [3.05, 3.63) is 52.7 Å². The first-order valence-corrected chi connectivity index (χ1v) is 7.12. The molecule has 2 aromatic rings. The van der Waals surface area contributed by atoms with Crippen LogP contribution in [0.5, 0.6) is 0 Å². The number of benzene rings is 1. The highest BCUT2D eigenvalue weighted by Crippen LogP contribution is 2.24. The lowest BCUT2D eigenvalue weighted by Crippen LogP contribution is -2.26. The minimum Gasteiger partial charge on any atom is -0.387 e. The van der Waals surface area contributed by atoms with E-state index in [1.165, 1.54) is 12.1 Å². The Morgan fingerprint density at radius 3 is 2.48 bits per heavy atom. The second kappa shape index (κ2) is 6.83. The van der Waals surface area contributed by atoms with Crippen LogP contribution in [0.25, 0.3) is 0 Å². The summed E-state index contributed by atoms with van der Waals surface area (Å²) in [4.78, 5) is 0. The first-order chi connectivity index (χ1) is 10.0. The van der Waals surface area contributed by atoms with Crippen LogP contribution in [0.4, 0.5) is 4.39 Å². The molecule has 5 heteroatoms. The molecule has 114 valence electrons. The molecule has 0 aliphatic carbocycles. The van der Waals surface area contributed by atoms with Crippen molar-refractivity contribution in [2.45, 2.75) is 39.3 Å². The van der Waals surface area contributed by atoms with Gasteiger partial charge in [0.05, 0.1) is 11.8 Å². The molecular weight excluding hydrogens is 271 g/mol. The van der Waals surface area contributed by atoms with E-state index in [-0.39, 0.29) is 11.9 Å². The fourth-order valence-electron chi connectivity index (χ4n) is 2.49. The maximum atomic E-state index is 12.9. The summed E-state index contributed by atoms with van der Waals surface area (Å²) in [6.45, 7) is 6.24. The van der Waals surface area contributed by atoms with Crippen LogP contribution in [0, 0.1) is 19.7 Å². The van der Waals surface area contributed by atoms with Crippen LogP contribution >= 0.6 is 0 Å². The zero-order chi connectivity index (χ0) is 15.4. The van der Waals surface area contributed by atoms with Crippen LogP contribution in [0.2, 0.25) is 0 Å². The average Bonchev–Trinajstić information content (AvgIpc) is 2.80. The van der Waals surface area contributed by atoms with E-state index in [1.54, 1.807) is 12.1 Å². The monoisotopic (exact) mass is 292 g/mol. The number of nitrogens with zero attached hydrogens (tertiary/aromatic N) is 1. The van der Waals surface area contributed by atoms with Gasteiger partial charge in [0.15, 0.2) is 0 Å². The molecule has 0 amide bonds. The van der Waals surface area contributed by atoms with Gasteiger partial charge in [-0.15, -0.1) is 0 Å². The molecule has 2 atom stereocenters. The number of hydrogen-bond donors (Lipinski definition) is 2. The second-order valence-corrected chi connectivity index (χ2v) is 5.17. The smallest absolute Gasteiger partial charge is 0.138 e. The van der Waals surface area contributed by atoms with Gasteiger partial charge in [-0.25, -0.2) is 4.39 Å².